The number of nitrogens with one attached hydrogen (secondary N) is 1. The molecule has 2 rings (SSSR count). The molecule has 0 atom stereocenters. The molecule has 0 heterocycles. The van der Waals surface area contributed by atoms with E-state index in [1.165, 1.54) is 23.9 Å². The highest BCUT2D eigenvalue weighted by atomic mass is 35.5. The maximum Gasteiger partial charge on any atom is 0.263 e. The summed E-state index contributed by atoms with van der Waals surface area (Å²) in [6.07, 6.45) is 1.93. The highest BCUT2D eigenvalue weighted by molar-refractivity contribution is 7.98. The molecule has 0 unspecified atom stereocenters. The van der Waals surface area contributed by atoms with E-state index in [1.807, 2.05) is 12.3 Å². The fourth-order valence-corrected chi connectivity index (χ4v) is 3.84. The second-order valence-corrected chi connectivity index (χ2v) is 7.24. The third-order valence-electron chi connectivity index (χ3n) is 2.84. The van der Waals surface area contributed by atoms with Gasteiger partial charge < -0.3 is 5.73 Å². The van der Waals surface area contributed by atoms with Crippen LogP contribution in [-0.4, -0.2) is 14.7 Å². The summed E-state index contributed by atoms with van der Waals surface area (Å²) in [4.78, 5) is 0.999. The lowest BCUT2D eigenvalue weighted by molar-refractivity contribution is 0.601. The smallest absolute Gasteiger partial charge is 0.263 e. The van der Waals surface area contributed by atoms with Crippen LogP contribution in [0.1, 0.15) is 5.56 Å². The Balaban J connectivity index is 2.38. The van der Waals surface area contributed by atoms with E-state index in [2.05, 4.69) is 4.72 Å². The summed E-state index contributed by atoms with van der Waals surface area (Å²) in [5.41, 5.74) is 6.74. The lowest BCUT2D eigenvalue weighted by Gasteiger charge is -2.11. The topological polar surface area (TPSA) is 72.2 Å². The van der Waals surface area contributed by atoms with E-state index in [4.69, 9.17) is 17.3 Å². The number of thioether (sulfide) groups is 1. The number of halogens is 1. The highest BCUT2D eigenvalue weighted by Gasteiger charge is 2.18. The van der Waals surface area contributed by atoms with Gasteiger partial charge in [0.05, 0.1) is 5.02 Å². The molecule has 0 radical (unpaired) electrons. The van der Waals surface area contributed by atoms with Crippen molar-refractivity contribution in [3.8, 4) is 0 Å². The Morgan fingerprint density at radius 2 is 2.00 bits per heavy atom. The average molecular weight is 343 g/mol. The van der Waals surface area contributed by atoms with Crippen LogP contribution in [-0.2, 0) is 16.6 Å². The van der Waals surface area contributed by atoms with Crippen LogP contribution in [0.5, 0.6) is 0 Å². The van der Waals surface area contributed by atoms with E-state index in [1.54, 1.807) is 24.3 Å². The molecule has 0 aromatic heterocycles. The van der Waals surface area contributed by atoms with Crippen molar-refractivity contribution in [3.05, 3.63) is 53.1 Å². The van der Waals surface area contributed by atoms with Gasteiger partial charge in [-0.15, -0.1) is 11.8 Å². The molecule has 7 heteroatoms. The molecule has 0 bridgehead atoms. The van der Waals surface area contributed by atoms with Gasteiger partial charge >= 0.3 is 0 Å². The summed E-state index contributed by atoms with van der Waals surface area (Å²) in [6.45, 7) is 0.252. The first-order chi connectivity index (χ1) is 9.96. The molecule has 2 aromatic rings. The quantitative estimate of drug-likeness (QED) is 0.817. The molecular formula is C14H15ClN2O2S2. The van der Waals surface area contributed by atoms with Gasteiger partial charge in [-0.1, -0.05) is 23.7 Å². The van der Waals surface area contributed by atoms with Crippen molar-refractivity contribution in [1.29, 1.82) is 0 Å². The van der Waals surface area contributed by atoms with Crippen molar-refractivity contribution in [2.24, 2.45) is 5.73 Å². The van der Waals surface area contributed by atoms with Gasteiger partial charge in [-0.25, -0.2) is 8.42 Å². The van der Waals surface area contributed by atoms with Gasteiger partial charge in [0.15, 0.2) is 0 Å². The number of benzene rings is 2. The van der Waals surface area contributed by atoms with Crippen molar-refractivity contribution < 1.29 is 8.42 Å². The van der Waals surface area contributed by atoms with E-state index in [0.29, 0.717) is 11.3 Å². The predicted octanol–water partition coefficient (Wildman–Crippen LogP) is 3.32. The summed E-state index contributed by atoms with van der Waals surface area (Å²) >= 11 is 7.53. The van der Waals surface area contributed by atoms with Crippen LogP contribution in [0, 0.1) is 0 Å². The summed E-state index contributed by atoms with van der Waals surface area (Å²) in [7, 11) is -3.75. The van der Waals surface area contributed by atoms with E-state index in [0.717, 1.165) is 4.90 Å². The van der Waals surface area contributed by atoms with Crippen molar-refractivity contribution in [1.82, 2.24) is 0 Å². The number of sulfonamides is 1. The number of hydrogen-bond donors (Lipinski definition) is 2. The van der Waals surface area contributed by atoms with Crippen LogP contribution in [0.2, 0.25) is 5.02 Å². The van der Waals surface area contributed by atoms with Crippen LogP contribution in [0.25, 0.3) is 0 Å². The minimum absolute atomic E-state index is 0.0293. The molecule has 0 aliphatic carbocycles. The fourth-order valence-electron chi connectivity index (χ4n) is 1.78. The van der Waals surface area contributed by atoms with Crippen molar-refractivity contribution in [3.63, 3.8) is 0 Å². The van der Waals surface area contributed by atoms with Gasteiger partial charge in [-0.2, -0.15) is 0 Å². The molecule has 3 N–H and O–H groups in total. The van der Waals surface area contributed by atoms with E-state index >= 15 is 0 Å². The third-order valence-corrected chi connectivity index (χ3v) is 5.43. The molecule has 2 aromatic carbocycles. The van der Waals surface area contributed by atoms with E-state index < -0.39 is 10.0 Å². The standard InChI is InChI=1S/C14H15ClN2O2S2/c1-20-12-4-2-3-11(8-12)17-21(18,19)14-7-10(9-16)5-6-13(14)15/h2-8,17H,9,16H2,1H3. The lowest BCUT2D eigenvalue weighted by Crippen LogP contribution is -2.14. The normalized spacial score (nSPS) is 11.4. The van der Waals surface area contributed by atoms with Crippen molar-refractivity contribution >= 4 is 39.1 Å². The monoisotopic (exact) mass is 342 g/mol. The number of nitrogens with two attached hydrogens (primary N) is 1. The molecule has 21 heavy (non-hydrogen) atoms. The fraction of sp³-hybridized carbons (Fsp3) is 0.143. The van der Waals surface area contributed by atoms with Gasteiger partial charge in [0.25, 0.3) is 10.0 Å². The van der Waals surface area contributed by atoms with Gasteiger partial charge in [-0.05, 0) is 42.2 Å². The Morgan fingerprint density at radius 3 is 2.67 bits per heavy atom. The Bertz CT molecular complexity index is 748. The zero-order valence-corrected chi connectivity index (χ0v) is 13.7. The summed E-state index contributed by atoms with van der Waals surface area (Å²) in [6, 6.07) is 11.9. The van der Waals surface area contributed by atoms with Crippen LogP contribution >= 0.6 is 23.4 Å². The van der Waals surface area contributed by atoms with Crippen molar-refractivity contribution in [2.45, 2.75) is 16.3 Å². The Morgan fingerprint density at radius 1 is 1.24 bits per heavy atom. The summed E-state index contributed by atoms with van der Waals surface area (Å²) in [5, 5.41) is 0.167. The zero-order chi connectivity index (χ0) is 15.5. The van der Waals surface area contributed by atoms with Crippen molar-refractivity contribution in [2.75, 3.05) is 11.0 Å². The molecule has 0 spiro atoms. The van der Waals surface area contributed by atoms with Crippen LogP contribution in [0.3, 0.4) is 0 Å². The molecular weight excluding hydrogens is 328 g/mol. The Kier molecular flexibility index (Phi) is 5.16. The lowest BCUT2D eigenvalue weighted by atomic mass is 10.2. The average Bonchev–Trinajstić information content (AvgIpc) is 2.47. The minimum Gasteiger partial charge on any atom is -0.326 e. The molecule has 0 saturated carbocycles. The highest BCUT2D eigenvalue weighted by Crippen LogP contribution is 2.26. The van der Waals surface area contributed by atoms with E-state index in [-0.39, 0.29) is 16.5 Å². The molecule has 112 valence electrons. The molecule has 0 aliphatic rings. The number of rotatable bonds is 5. The van der Waals surface area contributed by atoms with Gasteiger partial charge in [0.1, 0.15) is 4.90 Å². The van der Waals surface area contributed by atoms with Gasteiger partial charge in [-0.3, -0.25) is 4.72 Å². The van der Waals surface area contributed by atoms with Gasteiger partial charge in [0, 0.05) is 17.1 Å². The zero-order valence-electron chi connectivity index (χ0n) is 11.3. The summed E-state index contributed by atoms with van der Waals surface area (Å²) in [5.74, 6) is 0. The number of hydrogen-bond acceptors (Lipinski definition) is 4. The Hall–Kier alpha value is -1.21. The van der Waals surface area contributed by atoms with Crippen LogP contribution in [0.4, 0.5) is 5.69 Å². The third kappa shape index (κ3) is 3.91. The summed E-state index contributed by atoms with van der Waals surface area (Å²) < 4.78 is 27.4. The van der Waals surface area contributed by atoms with Crippen LogP contribution < -0.4 is 10.5 Å². The second-order valence-electron chi connectivity index (χ2n) is 4.31. The van der Waals surface area contributed by atoms with Gasteiger partial charge in [0.2, 0.25) is 0 Å². The first-order valence-electron chi connectivity index (χ1n) is 6.11. The largest absolute Gasteiger partial charge is 0.326 e. The number of anilines is 1. The SMILES string of the molecule is CSc1cccc(NS(=O)(=O)c2cc(CN)ccc2Cl)c1. The molecule has 0 saturated heterocycles. The maximum atomic E-state index is 12.4. The molecule has 0 fully saturated rings. The first kappa shape index (κ1) is 16.2. The minimum atomic E-state index is -3.75. The van der Waals surface area contributed by atoms with Crippen LogP contribution in [0.15, 0.2) is 52.3 Å². The Labute approximate surface area is 133 Å². The predicted molar refractivity (Wildman–Crippen MR) is 88.4 cm³/mol. The first-order valence-corrected chi connectivity index (χ1v) is 9.20. The second kappa shape index (κ2) is 6.70. The molecule has 0 aliphatic heterocycles. The maximum absolute atomic E-state index is 12.4. The van der Waals surface area contributed by atoms with E-state index in [9.17, 15) is 8.42 Å². The molecule has 4 nitrogen and oxygen atoms in total. The molecule has 0 amide bonds.